The molecule has 7 nitrogen and oxygen atoms in total. The zero-order chi connectivity index (χ0) is 19.3. The van der Waals surface area contributed by atoms with Gasteiger partial charge in [-0.2, -0.15) is 0 Å². The normalized spacial score (nSPS) is 12.4. The molecule has 0 aliphatic heterocycles. The molecule has 0 radical (unpaired) electrons. The Labute approximate surface area is 153 Å². The van der Waals surface area contributed by atoms with Crippen molar-refractivity contribution in [2.45, 2.75) is 24.8 Å². The lowest BCUT2D eigenvalue weighted by molar-refractivity contribution is -0.130. The number of amides is 1. The number of carbonyl (C=O) groups is 2. The molecule has 1 amide bonds. The first-order chi connectivity index (χ1) is 12.2. The first kappa shape index (κ1) is 19.7. The van der Waals surface area contributed by atoms with Crippen LogP contribution in [0.5, 0.6) is 0 Å². The number of nitrogens with zero attached hydrogens (tertiary/aromatic N) is 2. The molecule has 26 heavy (non-hydrogen) atoms. The fraction of sp³-hybridized carbons (Fsp3) is 0.278. The molecule has 138 valence electrons. The van der Waals surface area contributed by atoms with Gasteiger partial charge in [-0.15, -0.1) is 0 Å². The number of hydrogen-bond acceptors (Lipinski definition) is 5. The Hall–Kier alpha value is -2.58. The molecule has 1 unspecified atom stereocenters. The number of benzene rings is 1. The maximum atomic E-state index is 12.4. The van der Waals surface area contributed by atoms with Gasteiger partial charge in [0.15, 0.2) is 5.78 Å². The maximum absolute atomic E-state index is 12.4. The van der Waals surface area contributed by atoms with Gasteiger partial charge in [-0.05, 0) is 43.7 Å². The molecule has 8 heteroatoms. The highest BCUT2D eigenvalue weighted by Gasteiger charge is 2.21. The summed E-state index contributed by atoms with van der Waals surface area (Å²) in [5.74, 6) is -0.607. The van der Waals surface area contributed by atoms with Crippen molar-refractivity contribution in [1.29, 1.82) is 0 Å². The highest BCUT2D eigenvalue weighted by atomic mass is 32.2. The Morgan fingerprint density at radius 3 is 2.46 bits per heavy atom. The van der Waals surface area contributed by atoms with Crippen LogP contribution in [0, 0.1) is 0 Å². The number of carbonyl (C=O) groups excluding carboxylic acids is 2. The number of Topliss-reactive ketones (excluding diaryl/α,β-unsaturated/α-hetero) is 1. The van der Waals surface area contributed by atoms with Crippen molar-refractivity contribution >= 4 is 21.7 Å². The predicted molar refractivity (Wildman–Crippen MR) is 97.1 cm³/mol. The summed E-state index contributed by atoms with van der Waals surface area (Å²) in [6, 6.07) is 9.07. The Morgan fingerprint density at radius 2 is 1.85 bits per heavy atom. The molecule has 0 saturated heterocycles. The molecule has 0 spiro atoms. The van der Waals surface area contributed by atoms with Crippen LogP contribution in [-0.4, -0.2) is 43.6 Å². The maximum Gasteiger partial charge on any atom is 0.241 e. The number of aromatic nitrogens is 1. The summed E-state index contributed by atoms with van der Waals surface area (Å²) in [5.41, 5.74) is 1.19. The molecule has 1 N–H and O–H groups in total. The Kier molecular flexibility index (Phi) is 6.23. The molecule has 0 bridgehead atoms. The van der Waals surface area contributed by atoms with Crippen LogP contribution in [0.1, 0.15) is 35.8 Å². The summed E-state index contributed by atoms with van der Waals surface area (Å²) in [5, 5.41) is 0. The van der Waals surface area contributed by atoms with Crippen molar-refractivity contribution in [1.82, 2.24) is 14.6 Å². The van der Waals surface area contributed by atoms with E-state index in [4.69, 9.17) is 0 Å². The number of pyridine rings is 1. The van der Waals surface area contributed by atoms with Gasteiger partial charge in [0.2, 0.25) is 15.9 Å². The lowest BCUT2D eigenvalue weighted by atomic mass is 10.1. The minimum Gasteiger partial charge on any atom is -0.338 e. The zero-order valence-corrected chi connectivity index (χ0v) is 15.7. The lowest BCUT2D eigenvalue weighted by Crippen LogP contribution is -2.39. The van der Waals surface area contributed by atoms with Gasteiger partial charge in [-0.25, -0.2) is 13.1 Å². The molecule has 1 atom stereocenters. The van der Waals surface area contributed by atoms with Crippen LogP contribution < -0.4 is 4.72 Å². The number of hydrogen-bond donors (Lipinski definition) is 1. The fourth-order valence-electron chi connectivity index (χ4n) is 2.33. The molecular formula is C18H21N3O4S. The van der Waals surface area contributed by atoms with Gasteiger partial charge >= 0.3 is 0 Å². The smallest absolute Gasteiger partial charge is 0.241 e. The van der Waals surface area contributed by atoms with E-state index in [-0.39, 0.29) is 29.2 Å². The summed E-state index contributed by atoms with van der Waals surface area (Å²) < 4.78 is 27.0. The quantitative estimate of drug-likeness (QED) is 0.744. The van der Waals surface area contributed by atoms with Crippen molar-refractivity contribution in [2.75, 3.05) is 13.6 Å². The number of ketones is 1. The number of sulfonamides is 1. The summed E-state index contributed by atoms with van der Waals surface area (Å²) in [6.45, 7) is 2.83. The van der Waals surface area contributed by atoms with Crippen LogP contribution in [0.4, 0.5) is 0 Å². The third kappa shape index (κ3) is 4.74. The van der Waals surface area contributed by atoms with Gasteiger partial charge in [-0.1, -0.05) is 12.1 Å². The standard InChI is InChI=1S/C18H21N3O4S/c1-13(15-7-9-19-10-8-15)21(3)18(23)12-20-26(24,25)17-6-4-5-16(11-17)14(2)22/h4-11,13,20H,12H2,1-3H3. The van der Waals surface area contributed by atoms with Gasteiger partial charge in [-0.3, -0.25) is 14.6 Å². The van der Waals surface area contributed by atoms with Crippen molar-refractivity contribution in [3.8, 4) is 0 Å². The molecular weight excluding hydrogens is 354 g/mol. The summed E-state index contributed by atoms with van der Waals surface area (Å²) >= 11 is 0. The first-order valence-electron chi connectivity index (χ1n) is 7.98. The molecule has 0 fully saturated rings. The van der Waals surface area contributed by atoms with Gasteiger partial charge in [0, 0.05) is 25.0 Å². The van der Waals surface area contributed by atoms with E-state index < -0.39 is 10.0 Å². The van der Waals surface area contributed by atoms with E-state index in [1.807, 2.05) is 6.92 Å². The summed E-state index contributed by atoms with van der Waals surface area (Å²) in [6.07, 6.45) is 3.27. The van der Waals surface area contributed by atoms with Gasteiger partial charge in [0.25, 0.3) is 0 Å². The van der Waals surface area contributed by atoms with Crippen LogP contribution in [0.15, 0.2) is 53.7 Å². The second-order valence-electron chi connectivity index (χ2n) is 5.87. The van der Waals surface area contributed by atoms with E-state index in [9.17, 15) is 18.0 Å². The molecule has 0 aliphatic carbocycles. The minimum atomic E-state index is -3.89. The average Bonchev–Trinajstić information content (AvgIpc) is 2.65. The number of rotatable bonds is 7. The molecule has 1 aromatic heterocycles. The predicted octanol–water partition coefficient (Wildman–Crippen LogP) is 1.78. The van der Waals surface area contributed by atoms with E-state index in [0.29, 0.717) is 5.56 Å². The summed E-state index contributed by atoms with van der Waals surface area (Å²) in [7, 11) is -2.29. The highest BCUT2D eigenvalue weighted by molar-refractivity contribution is 7.89. The largest absolute Gasteiger partial charge is 0.338 e. The number of nitrogens with one attached hydrogen (secondary N) is 1. The monoisotopic (exact) mass is 375 g/mol. The van der Waals surface area contributed by atoms with Gasteiger partial charge in [0.1, 0.15) is 0 Å². The van der Waals surface area contributed by atoms with Crippen molar-refractivity contribution in [2.24, 2.45) is 0 Å². The van der Waals surface area contributed by atoms with E-state index in [0.717, 1.165) is 5.56 Å². The highest BCUT2D eigenvalue weighted by Crippen LogP contribution is 2.17. The third-order valence-corrected chi connectivity index (χ3v) is 5.53. The van der Waals surface area contributed by atoms with Crippen LogP contribution in [0.2, 0.25) is 0 Å². The minimum absolute atomic E-state index is 0.0529. The SMILES string of the molecule is CC(=O)c1cccc(S(=O)(=O)NCC(=O)N(C)C(C)c2ccncc2)c1. The van der Waals surface area contributed by atoms with E-state index >= 15 is 0 Å². The summed E-state index contributed by atoms with van der Waals surface area (Å²) in [4.78, 5) is 29.1. The first-order valence-corrected chi connectivity index (χ1v) is 9.47. The Bertz CT molecular complexity index is 898. The fourth-order valence-corrected chi connectivity index (χ4v) is 3.35. The Balaban J connectivity index is 2.06. The second kappa shape index (κ2) is 8.20. The van der Waals surface area contributed by atoms with Crippen molar-refractivity contribution in [3.63, 3.8) is 0 Å². The van der Waals surface area contributed by atoms with Crippen LogP contribution in [0.25, 0.3) is 0 Å². The van der Waals surface area contributed by atoms with E-state index in [1.165, 1.54) is 36.1 Å². The third-order valence-electron chi connectivity index (χ3n) is 4.13. The average molecular weight is 375 g/mol. The van der Waals surface area contributed by atoms with Crippen molar-refractivity contribution in [3.05, 3.63) is 59.9 Å². The topological polar surface area (TPSA) is 96.4 Å². The number of likely N-dealkylation sites (N-methyl/N-ethyl adjacent to an activating group) is 1. The molecule has 2 rings (SSSR count). The van der Waals surface area contributed by atoms with Gasteiger partial charge < -0.3 is 4.90 Å². The molecule has 1 heterocycles. The molecule has 2 aromatic rings. The second-order valence-corrected chi connectivity index (χ2v) is 7.64. The molecule has 1 aromatic carbocycles. The van der Waals surface area contributed by atoms with E-state index in [1.54, 1.807) is 31.6 Å². The van der Waals surface area contributed by atoms with E-state index in [2.05, 4.69) is 9.71 Å². The van der Waals surface area contributed by atoms with Gasteiger partial charge in [0.05, 0.1) is 17.5 Å². The molecule has 0 saturated carbocycles. The Morgan fingerprint density at radius 1 is 1.19 bits per heavy atom. The van der Waals surface area contributed by atoms with Crippen LogP contribution >= 0.6 is 0 Å². The van der Waals surface area contributed by atoms with Crippen molar-refractivity contribution < 1.29 is 18.0 Å². The van der Waals surface area contributed by atoms with Crippen LogP contribution in [-0.2, 0) is 14.8 Å². The lowest BCUT2D eigenvalue weighted by Gasteiger charge is -2.25. The zero-order valence-electron chi connectivity index (χ0n) is 14.8. The van der Waals surface area contributed by atoms with Crippen LogP contribution in [0.3, 0.4) is 0 Å². The molecule has 0 aliphatic rings.